The fourth-order valence-electron chi connectivity index (χ4n) is 2.89. The summed E-state index contributed by atoms with van der Waals surface area (Å²) in [6.45, 7) is 8.18. The second-order valence-corrected chi connectivity index (χ2v) is 8.06. The lowest BCUT2D eigenvalue weighted by atomic mass is 10.0. The number of hydrogen-bond donors (Lipinski definition) is 0. The van der Waals surface area contributed by atoms with E-state index in [1.165, 1.54) is 107 Å². The summed E-state index contributed by atoms with van der Waals surface area (Å²) >= 11 is 0. The van der Waals surface area contributed by atoms with Crippen LogP contribution in [0, 0.1) is 0 Å². The van der Waals surface area contributed by atoms with E-state index in [4.69, 9.17) is 9.90 Å². The van der Waals surface area contributed by atoms with Crippen molar-refractivity contribution < 1.29 is 14.4 Å². The van der Waals surface area contributed by atoms with Crippen LogP contribution in [0.25, 0.3) is 0 Å². The highest BCUT2D eigenvalue weighted by molar-refractivity contribution is 5.60. The zero-order chi connectivity index (χ0) is 19.4. The topological polar surface area (TPSA) is 40.1 Å². The van der Waals surface area contributed by atoms with Crippen LogP contribution in [0.1, 0.15) is 111 Å². The molecular weight excluding hydrogens is 310 g/mol. The van der Waals surface area contributed by atoms with Crippen molar-refractivity contribution in [3.63, 3.8) is 0 Å². The summed E-state index contributed by atoms with van der Waals surface area (Å²) in [5.74, 6) is -1.08. The van der Waals surface area contributed by atoms with Gasteiger partial charge in [-0.2, -0.15) is 0 Å². The van der Waals surface area contributed by atoms with Gasteiger partial charge >= 0.3 is 0 Å². The van der Waals surface area contributed by atoms with Gasteiger partial charge in [0.15, 0.2) is 0 Å². The molecule has 0 spiro atoms. The number of carbonyl (C=O) groups is 1. The molecule has 0 bridgehead atoms. The van der Waals surface area contributed by atoms with Gasteiger partial charge in [0.25, 0.3) is 0 Å². The van der Waals surface area contributed by atoms with E-state index in [1.54, 1.807) is 0 Å². The van der Waals surface area contributed by atoms with Crippen LogP contribution in [0.2, 0.25) is 0 Å². The number of quaternary nitrogens is 1. The minimum atomic E-state index is -1.08. The Hall–Kier alpha value is -0.570. The average Bonchev–Trinajstić information content (AvgIpc) is 2.54. The molecule has 0 N–H and O–H groups in total. The van der Waals surface area contributed by atoms with Crippen molar-refractivity contribution in [3.05, 3.63) is 0 Å². The third-order valence-electron chi connectivity index (χ3n) is 4.97. The highest BCUT2D eigenvalue weighted by Gasteiger charge is 2.09. The van der Waals surface area contributed by atoms with E-state index < -0.39 is 5.97 Å². The zero-order valence-corrected chi connectivity index (χ0v) is 18.1. The summed E-state index contributed by atoms with van der Waals surface area (Å²) in [5.41, 5.74) is 0. The van der Waals surface area contributed by atoms with Gasteiger partial charge in [-0.25, -0.2) is 0 Å². The Morgan fingerprint density at radius 1 is 0.680 bits per heavy atom. The maximum atomic E-state index is 8.89. The minimum Gasteiger partial charge on any atom is -0.550 e. The minimum absolute atomic E-state index is 0.972. The Kier molecular flexibility index (Phi) is 21.1. The molecule has 0 aliphatic rings. The lowest BCUT2D eigenvalue weighted by Gasteiger charge is -2.28. The van der Waals surface area contributed by atoms with E-state index in [0.29, 0.717) is 0 Å². The molecule has 0 fully saturated rings. The van der Waals surface area contributed by atoms with Crippen molar-refractivity contribution in [1.29, 1.82) is 0 Å². The van der Waals surface area contributed by atoms with Crippen LogP contribution in [-0.4, -0.2) is 37.6 Å². The number of hydrogen-bond acceptors (Lipinski definition) is 2. The molecule has 0 aromatic carbocycles. The molecular formula is C22H47NO2. The van der Waals surface area contributed by atoms with Gasteiger partial charge in [0, 0.05) is 5.97 Å². The van der Waals surface area contributed by atoms with Gasteiger partial charge in [0.2, 0.25) is 0 Å². The van der Waals surface area contributed by atoms with Crippen LogP contribution in [0.3, 0.4) is 0 Å². The summed E-state index contributed by atoms with van der Waals surface area (Å²) in [6, 6.07) is 0. The molecule has 0 atom stereocenters. The Morgan fingerprint density at radius 3 is 1.24 bits per heavy atom. The highest BCUT2D eigenvalue weighted by Crippen LogP contribution is 2.13. The van der Waals surface area contributed by atoms with Crippen molar-refractivity contribution >= 4 is 5.97 Å². The predicted molar refractivity (Wildman–Crippen MR) is 109 cm³/mol. The first-order valence-electron chi connectivity index (χ1n) is 10.8. The third kappa shape index (κ3) is 28.5. The molecule has 3 heteroatoms. The summed E-state index contributed by atoms with van der Waals surface area (Å²) in [7, 11) is 4.70. The molecule has 25 heavy (non-hydrogen) atoms. The number of nitrogens with zero attached hydrogens (tertiary/aromatic N) is 1. The van der Waals surface area contributed by atoms with E-state index in [1.807, 2.05) is 0 Å². The van der Waals surface area contributed by atoms with Gasteiger partial charge in [-0.3, -0.25) is 0 Å². The molecule has 0 aliphatic heterocycles. The van der Waals surface area contributed by atoms with Gasteiger partial charge in [-0.1, -0.05) is 84.0 Å². The molecule has 0 unspecified atom stereocenters. The number of carbonyl (C=O) groups excluding carboxylic acids is 1. The van der Waals surface area contributed by atoms with Crippen molar-refractivity contribution in [1.82, 2.24) is 0 Å². The second kappa shape index (κ2) is 19.8. The van der Waals surface area contributed by atoms with Crippen LogP contribution < -0.4 is 5.11 Å². The number of rotatable bonds is 16. The fourth-order valence-corrected chi connectivity index (χ4v) is 2.89. The van der Waals surface area contributed by atoms with Gasteiger partial charge in [0.1, 0.15) is 0 Å². The smallest absolute Gasteiger partial charge is 0.0782 e. The highest BCUT2D eigenvalue weighted by atomic mass is 16.4. The van der Waals surface area contributed by atoms with Gasteiger partial charge in [-0.05, 0) is 26.7 Å². The summed E-state index contributed by atoms with van der Waals surface area (Å²) in [6.07, 6.45) is 20.4. The number of aliphatic carboxylic acids is 1. The third-order valence-corrected chi connectivity index (χ3v) is 4.97. The molecule has 0 aromatic heterocycles. The van der Waals surface area contributed by atoms with Crippen LogP contribution in [0.4, 0.5) is 0 Å². The maximum Gasteiger partial charge on any atom is 0.0782 e. The Balaban J connectivity index is 0. The molecule has 0 heterocycles. The van der Waals surface area contributed by atoms with E-state index >= 15 is 0 Å². The summed E-state index contributed by atoms with van der Waals surface area (Å²) in [4.78, 5) is 8.89. The van der Waals surface area contributed by atoms with E-state index in [-0.39, 0.29) is 0 Å². The molecule has 0 amide bonds. The van der Waals surface area contributed by atoms with Crippen LogP contribution >= 0.6 is 0 Å². The van der Waals surface area contributed by atoms with Crippen molar-refractivity contribution in [2.45, 2.75) is 111 Å². The Morgan fingerprint density at radius 2 is 0.960 bits per heavy atom. The number of carboxylic acid groups (broad SMARTS) is 1. The van der Waals surface area contributed by atoms with Crippen LogP contribution in [-0.2, 0) is 4.79 Å². The van der Waals surface area contributed by atoms with Crippen molar-refractivity contribution in [2.24, 2.45) is 0 Å². The van der Waals surface area contributed by atoms with Crippen molar-refractivity contribution in [3.8, 4) is 0 Å². The molecule has 0 rings (SSSR count). The Bertz CT molecular complexity index is 273. The van der Waals surface area contributed by atoms with E-state index in [0.717, 1.165) is 6.92 Å². The SMILES string of the molecule is CC(=O)[O-].CCCCCCCCCCCCCCCC[N+](C)(C)CC. The molecule has 0 aromatic rings. The summed E-state index contributed by atoms with van der Waals surface area (Å²) < 4.78 is 1.19. The predicted octanol–water partition coefficient (Wildman–Crippen LogP) is 5.32. The molecule has 0 radical (unpaired) electrons. The summed E-state index contributed by atoms with van der Waals surface area (Å²) in [5, 5.41) is 8.89. The van der Waals surface area contributed by atoms with Crippen LogP contribution in [0.5, 0.6) is 0 Å². The second-order valence-electron chi connectivity index (χ2n) is 8.06. The maximum absolute atomic E-state index is 8.89. The zero-order valence-electron chi connectivity index (χ0n) is 18.1. The first-order valence-corrected chi connectivity index (χ1v) is 10.8. The van der Waals surface area contributed by atoms with Gasteiger partial charge in [-0.15, -0.1) is 0 Å². The van der Waals surface area contributed by atoms with Crippen molar-refractivity contribution in [2.75, 3.05) is 27.2 Å². The molecule has 0 saturated heterocycles. The molecule has 3 nitrogen and oxygen atoms in total. The number of unbranched alkanes of at least 4 members (excludes halogenated alkanes) is 13. The normalized spacial score (nSPS) is 11.1. The van der Waals surface area contributed by atoms with Crippen LogP contribution in [0.15, 0.2) is 0 Å². The first kappa shape index (κ1) is 26.7. The van der Waals surface area contributed by atoms with Gasteiger partial charge < -0.3 is 14.4 Å². The molecule has 0 aliphatic carbocycles. The monoisotopic (exact) mass is 357 g/mol. The average molecular weight is 358 g/mol. The standard InChI is InChI=1S/C20H44N.C2H4O2/c1-5-7-8-9-10-11-12-13-14-15-16-17-18-19-20-21(3,4)6-2;1-2(3)4/h5-20H2,1-4H3;1H3,(H,3,4)/q+1;/p-1. The molecule has 0 saturated carbocycles. The number of carboxylic acids is 1. The lowest BCUT2D eigenvalue weighted by Crippen LogP contribution is -2.39. The lowest BCUT2D eigenvalue weighted by molar-refractivity contribution is -0.888. The van der Waals surface area contributed by atoms with Gasteiger partial charge in [0.05, 0.1) is 27.2 Å². The van der Waals surface area contributed by atoms with E-state index in [2.05, 4.69) is 27.9 Å². The molecule has 152 valence electrons. The van der Waals surface area contributed by atoms with E-state index in [9.17, 15) is 0 Å². The quantitative estimate of drug-likeness (QED) is 0.277. The Labute approximate surface area is 158 Å². The fraction of sp³-hybridized carbons (Fsp3) is 0.955. The first-order chi connectivity index (χ1) is 11.9. The largest absolute Gasteiger partial charge is 0.550 e.